The number of halogens is 8. The molecule has 8 atom stereocenters. The lowest BCUT2D eigenvalue weighted by Crippen LogP contribution is -2.53. The smallest absolute Gasteiger partial charge is 0.267 e. The molecule has 8 aromatic rings. The van der Waals surface area contributed by atoms with Crippen LogP contribution in [0.25, 0.3) is 0 Å². The van der Waals surface area contributed by atoms with Gasteiger partial charge in [0, 0.05) is 52.4 Å². The Kier molecular flexibility index (Phi) is 26.0. The van der Waals surface area contributed by atoms with Gasteiger partial charge in [0.05, 0.1) is 74.0 Å². The van der Waals surface area contributed by atoms with E-state index in [2.05, 4.69) is 0 Å². The van der Waals surface area contributed by atoms with Crippen LogP contribution in [0.3, 0.4) is 0 Å². The monoisotopic (exact) mass is 1600 g/mol. The number of carbonyl (C=O) groups excluding carboxylic acids is 4. The second kappa shape index (κ2) is 35.9. The Morgan fingerprint density at radius 1 is 0.259 bits per heavy atom. The Bertz CT molecular complexity index is 4060. The molecule has 0 saturated carbocycles. The van der Waals surface area contributed by atoms with E-state index in [-0.39, 0.29) is 46.6 Å². The molecule has 16 rings (SSSR count). The van der Waals surface area contributed by atoms with Crippen molar-refractivity contribution in [2.45, 2.75) is 177 Å². The van der Waals surface area contributed by atoms with E-state index < -0.39 is 97.7 Å². The molecule has 116 heavy (non-hydrogen) atoms. The largest absolute Gasteiger partial charge is 0.508 e. The van der Waals surface area contributed by atoms with Crippen molar-refractivity contribution in [3.63, 3.8) is 0 Å². The average molecular weight is 1600 g/mol. The van der Waals surface area contributed by atoms with Gasteiger partial charge in [0.1, 0.15) is 23.0 Å². The van der Waals surface area contributed by atoms with E-state index in [9.17, 15) is 74.7 Å². The number of phenols is 4. The van der Waals surface area contributed by atoms with Gasteiger partial charge in [-0.25, -0.2) is 35.1 Å². The number of hydrogen-bond acceptors (Lipinski definition) is 12. The van der Waals surface area contributed by atoms with Crippen LogP contribution in [0.5, 0.6) is 23.0 Å². The molecule has 0 unspecified atom stereocenters. The average Bonchev–Trinajstić information content (AvgIpc) is 1.41. The molecule has 0 bridgehead atoms. The summed E-state index contributed by atoms with van der Waals surface area (Å²) in [6.07, 6.45) is 3.52. The number of aromatic hydroxyl groups is 4. The van der Waals surface area contributed by atoms with Gasteiger partial charge in [0.25, 0.3) is 23.7 Å². The fourth-order valence-corrected chi connectivity index (χ4v) is 17.9. The van der Waals surface area contributed by atoms with Crippen molar-refractivity contribution in [1.29, 1.82) is 0 Å². The minimum absolute atomic E-state index is 0.0514. The highest BCUT2D eigenvalue weighted by atomic mass is 19.3. The maximum Gasteiger partial charge on any atom is 0.267 e. The van der Waals surface area contributed by atoms with Gasteiger partial charge in [-0.15, -0.1) is 0 Å². The molecule has 24 heteroatoms. The molecule has 8 fully saturated rings. The highest BCUT2D eigenvalue weighted by Gasteiger charge is 2.54. The number of alkyl halides is 8. The first-order valence-electron chi connectivity index (χ1n) is 40.3. The normalized spacial score (nSPS) is 24.8. The van der Waals surface area contributed by atoms with Gasteiger partial charge in [-0.05, 0) is 198 Å². The number of nitrogens with zero attached hydrogens (tertiary/aromatic N) is 8. The van der Waals surface area contributed by atoms with E-state index in [1.807, 2.05) is 125 Å². The predicted molar refractivity (Wildman–Crippen MR) is 428 cm³/mol. The van der Waals surface area contributed by atoms with Gasteiger partial charge >= 0.3 is 0 Å². The molecule has 0 aromatic heterocycles. The third-order valence-electron chi connectivity index (χ3n) is 24.5. The molecule has 16 nitrogen and oxygen atoms in total. The third kappa shape index (κ3) is 20.2. The Hall–Kier alpha value is -9.88. The van der Waals surface area contributed by atoms with Crippen molar-refractivity contribution >= 4 is 23.6 Å². The number of carbonyl (C=O) groups is 4. The highest BCUT2D eigenvalue weighted by Crippen LogP contribution is 2.47. The molecule has 8 aliphatic rings. The number of rotatable bonds is 16. The zero-order valence-corrected chi connectivity index (χ0v) is 66.1. The summed E-state index contributed by atoms with van der Waals surface area (Å²) in [4.78, 5) is 65.3. The fourth-order valence-electron chi connectivity index (χ4n) is 17.9. The van der Waals surface area contributed by atoms with Crippen LogP contribution in [-0.2, 0) is 45.4 Å². The lowest BCUT2D eigenvalue weighted by Gasteiger charge is -2.40. The topological polar surface area (TPSA) is 175 Å². The minimum atomic E-state index is -2.92. The van der Waals surface area contributed by atoms with Crippen LogP contribution < -0.4 is 0 Å². The minimum Gasteiger partial charge on any atom is -0.508 e. The number of amides is 4. The number of likely N-dealkylation sites (tertiary alicyclic amines) is 8. The zero-order chi connectivity index (χ0) is 82.4. The first-order valence-corrected chi connectivity index (χ1v) is 40.3. The van der Waals surface area contributed by atoms with Crippen LogP contribution in [-0.4, -0.2) is 210 Å². The molecule has 4 amide bonds. The number of phenolic OH excluding ortho intramolecular Hbond substituents is 4. The van der Waals surface area contributed by atoms with Gasteiger partial charge in [-0.3, -0.25) is 38.8 Å². The van der Waals surface area contributed by atoms with Gasteiger partial charge in [0.15, 0.2) is 0 Å². The van der Waals surface area contributed by atoms with Crippen molar-refractivity contribution in [2.24, 2.45) is 0 Å². The summed E-state index contributed by atoms with van der Waals surface area (Å²) in [5, 5.41) is 37.6. The molecular weight excluding hydrogens is 1500 g/mol. The Labute approximate surface area is 673 Å². The number of piperidine rings is 4. The SMILES string of the molecule is Cc1ccc(CN2CC[C@@H](N3CC[C@@H](c4ccc(O)cc4)C(F)(F)C3)C2=O)cc1.Cc1ccc(CN2CC[C@@H](N3CC[C@H](c4ccc(O)cc4)C(F)(F)C3)C2=O)cc1.Cc1ccc(CN2CC[C@H](N3CC[C@@H](c4ccc(O)cc4)C(F)(F)C3)C2=O)cc1.Cc1ccc(CN2CC[C@H](N3CC[C@H](c4ccc(O)cc4)C(F)(F)C3)C2=O)cc1. The van der Waals surface area contributed by atoms with E-state index in [1.165, 1.54) is 48.5 Å². The lowest BCUT2D eigenvalue weighted by atomic mass is 9.85. The van der Waals surface area contributed by atoms with Gasteiger partial charge in [-0.1, -0.05) is 168 Å². The summed E-state index contributed by atoms with van der Waals surface area (Å²) in [5.41, 5.74) is 11.0. The molecule has 8 heterocycles. The number of aryl methyl sites for hydroxylation is 4. The quantitative estimate of drug-likeness (QED) is 0.0675. The van der Waals surface area contributed by atoms with E-state index in [0.717, 1.165) is 44.5 Å². The third-order valence-corrected chi connectivity index (χ3v) is 24.5. The van der Waals surface area contributed by atoms with Crippen molar-refractivity contribution in [1.82, 2.24) is 39.2 Å². The van der Waals surface area contributed by atoms with Crippen molar-refractivity contribution in [3.8, 4) is 23.0 Å². The molecule has 0 radical (unpaired) electrons. The molecule has 4 N–H and O–H groups in total. The van der Waals surface area contributed by atoms with Crippen LogP contribution in [0.1, 0.15) is 142 Å². The molecule has 616 valence electrons. The second-order valence-electron chi connectivity index (χ2n) is 32.9. The Balaban J connectivity index is 0.000000135. The van der Waals surface area contributed by atoms with Crippen LogP contribution >= 0.6 is 0 Å². The summed E-state index contributed by atoms with van der Waals surface area (Å²) in [7, 11) is 0. The van der Waals surface area contributed by atoms with E-state index in [4.69, 9.17) is 0 Å². The number of benzene rings is 8. The van der Waals surface area contributed by atoms with E-state index in [0.29, 0.717) is 152 Å². The summed E-state index contributed by atoms with van der Waals surface area (Å²) in [5.74, 6) is -15.2. The van der Waals surface area contributed by atoms with E-state index in [1.54, 1.807) is 87.7 Å². The van der Waals surface area contributed by atoms with Gasteiger partial charge < -0.3 is 40.0 Å². The summed E-state index contributed by atoms with van der Waals surface area (Å²) < 4.78 is 120. The van der Waals surface area contributed by atoms with Gasteiger partial charge in [-0.2, -0.15) is 0 Å². The van der Waals surface area contributed by atoms with E-state index >= 15 is 0 Å². The molecule has 8 aliphatic heterocycles. The van der Waals surface area contributed by atoms with Crippen LogP contribution in [0.4, 0.5) is 35.1 Å². The van der Waals surface area contributed by atoms with Crippen molar-refractivity contribution in [2.75, 3.05) is 78.5 Å². The molecule has 0 spiro atoms. The summed E-state index contributed by atoms with van der Waals surface area (Å²) >= 11 is 0. The number of hydrogen-bond donors (Lipinski definition) is 4. The zero-order valence-electron chi connectivity index (χ0n) is 66.1. The first-order chi connectivity index (χ1) is 55.3. The van der Waals surface area contributed by atoms with Crippen LogP contribution in [0.2, 0.25) is 0 Å². The summed E-state index contributed by atoms with van der Waals surface area (Å²) in [6, 6.07) is 54.4. The maximum atomic E-state index is 14.9. The fraction of sp³-hybridized carbons (Fsp3) is 0.435. The standard InChI is InChI=1S/4C23H26F2N2O2/c4*1-16-2-4-17(5-3-16)14-26-13-11-21(22(26)29)27-12-10-20(23(24,25)15-27)18-6-8-19(28)9-7-18/h4*2-9,20-21,28H,10-15H2,1H3/t2*20-,21+;2*20-,21-/m1010/s1. The first kappa shape index (κ1) is 84.0. The van der Waals surface area contributed by atoms with Crippen molar-refractivity contribution < 1.29 is 74.7 Å². The molecule has 0 aliphatic carbocycles. The molecule has 8 saturated heterocycles. The van der Waals surface area contributed by atoms with Gasteiger partial charge in [0.2, 0.25) is 23.6 Å². The molecule has 8 aromatic carbocycles. The molecular formula is C92H104F8N8O8. The Morgan fingerprint density at radius 2 is 0.431 bits per heavy atom. The Morgan fingerprint density at radius 3 is 0.595 bits per heavy atom. The lowest BCUT2D eigenvalue weighted by molar-refractivity contribution is -0.139. The van der Waals surface area contributed by atoms with Crippen LogP contribution in [0.15, 0.2) is 194 Å². The predicted octanol–water partition coefficient (Wildman–Crippen LogP) is 15.7. The highest BCUT2D eigenvalue weighted by molar-refractivity contribution is 5.86. The maximum absolute atomic E-state index is 14.9. The second-order valence-corrected chi connectivity index (χ2v) is 32.9. The van der Waals surface area contributed by atoms with Crippen LogP contribution in [0, 0.1) is 27.7 Å². The summed E-state index contributed by atoms with van der Waals surface area (Å²) in [6.45, 7) is 12.8. The van der Waals surface area contributed by atoms with Crippen molar-refractivity contribution in [3.05, 3.63) is 261 Å².